The zero-order valence-electron chi connectivity index (χ0n) is 9.11. The van der Waals surface area contributed by atoms with Crippen LogP contribution in [-0.2, 0) is 0 Å². The first kappa shape index (κ1) is 16.5. The van der Waals surface area contributed by atoms with E-state index in [-0.39, 0.29) is 24.8 Å². The van der Waals surface area contributed by atoms with Gasteiger partial charge in [-0.15, -0.1) is 36.2 Å². The molecule has 2 rings (SSSR count). The molecule has 94 valence electrons. The summed E-state index contributed by atoms with van der Waals surface area (Å²) in [6.45, 7) is 6.66. The van der Waals surface area contributed by atoms with Gasteiger partial charge in [0.1, 0.15) is 0 Å². The molecule has 0 amide bonds. The van der Waals surface area contributed by atoms with Crippen LogP contribution in [0.4, 0.5) is 0 Å². The van der Waals surface area contributed by atoms with Crippen molar-refractivity contribution in [1.29, 1.82) is 0 Å². The standard InChI is InChI=1S/C10H15ClN2S.2ClH/c1-8(10-9(11)2-7-14-10)13-5-3-12-4-6-13;;/h2,7-8,12H,3-6H2,1H3;2*1H/t8-;;/m0../s1. The Labute approximate surface area is 118 Å². The summed E-state index contributed by atoms with van der Waals surface area (Å²) >= 11 is 7.88. The van der Waals surface area contributed by atoms with E-state index in [2.05, 4.69) is 22.5 Å². The first-order valence-corrected chi connectivity index (χ1v) is 6.22. The van der Waals surface area contributed by atoms with Crippen molar-refractivity contribution in [3.05, 3.63) is 21.3 Å². The monoisotopic (exact) mass is 302 g/mol. The lowest BCUT2D eigenvalue weighted by molar-refractivity contribution is 0.188. The molecule has 2 nitrogen and oxygen atoms in total. The van der Waals surface area contributed by atoms with Crippen molar-refractivity contribution in [3.8, 4) is 0 Å². The fourth-order valence-corrected chi connectivity index (χ4v) is 3.15. The first-order chi connectivity index (χ1) is 6.79. The summed E-state index contributed by atoms with van der Waals surface area (Å²) in [6.07, 6.45) is 0. The topological polar surface area (TPSA) is 15.3 Å². The highest BCUT2D eigenvalue weighted by Gasteiger charge is 2.20. The maximum absolute atomic E-state index is 6.12. The van der Waals surface area contributed by atoms with Gasteiger partial charge in [0.15, 0.2) is 0 Å². The molecule has 1 aliphatic heterocycles. The Bertz CT molecular complexity index is 300. The summed E-state index contributed by atoms with van der Waals surface area (Å²) in [6, 6.07) is 2.45. The van der Waals surface area contributed by atoms with Crippen LogP contribution in [0.1, 0.15) is 17.8 Å². The molecule has 1 aliphatic rings. The largest absolute Gasteiger partial charge is 0.314 e. The number of hydrogen-bond acceptors (Lipinski definition) is 3. The maximum atomic E-state index is 6.12. The number of thiophene rings is 1. The van der Waals surface area contributed by atoms with Gasteiger partial charge >= 0.3 is 0 Å². The quantitative estimate of drug-likeness (QED) is 0.902. The molecule has 2 heterocycles. The SMILES string of the molecule is C[C@@H](c1sccc1Cl)N1CCNCC1.Cl.Cl. The van der Waals surface area contributed by atoms with Gasteiger partial charge in [-0.25, -0.2) is 0 Å². The molecule has 0 radical (unpaired) electrons. The van der Waals surface area contributed by atoms with Crippen LogP contribution in [0.25, 0.3) is 0 Å². The van der Waals surface area contributed by atoms with Crippen LogP contribution in [0.5, 0.6) is 0 Å². The van der Waals surface area contributed by atoms with Gasteiger partial charge in [0.05, 0.1) is 5.02 Å². The van der Waals surface area contributed by atoms with Crippen LogP contribution in [0.3, 0.4) is 0 Å². The lowest BCUT2D eigenvalue weighted by Crippen LogP contribution is -2.44. The van der Waals surface area contributed by atoms with E-state index in [0.717, 1.165) is 31.2 Å². The normalized spacial score (nSPS) is 18.4. The summed E-state index contributed by atoms with van der Waals surface area (Å²) in [4.78, 5) is 3.78. The third kappa shape index (κ3) is 3.76. The van der Waals surface area contributed by atoms with E-state index in [9.17, 15) is 0 Å². The minimum absolute atomic E-state index is 0. The van der Waals surface area contributed by atoms with Gasteiger partial charge in [-0.05, 0) is 18.4 Å². The van der Waals surface area contributed by atoms with Crippen LogP contribution < -0.4 is 5.32 Å². The molecule has 0 aliphatic carbocycles. The van der Waals surface area contributed by atoms with Crippen molar-refractivity contribution in [2.75, 3.05) is 26.2 Å². The molecule has 0 aromatic carbocycles. The molecule has 0 spiro atoms. The number of halogens is 3. The van der Waals surface area contributed by atoms with E-state index in [0.29, 0.717) is 6.04 Å². The summed E-state index contributed by atoms with van der Waals surface area (Å²) in [7, 11) is 0. The van der Waals surface area contributed by atoms with Gasteiger partial charge in [-0.1, -0.05) is 11.6 Å². The van der Waals surface area contributed by atoms with Crippen LogP contribution >= 0.6 is 47.8 Å². The highest BCUT2D eigenvalue weighted by atomic mass is 35.5. The predicted molar refractivity (Wildman–Crippen MR) is 76.7 cm³/mol. The second kappa shape index (κ2) is 7.75. The fourth-order valence-electron chi connectivity index (χ4n) is 1.84. The molecule has 1 fully saturated rings. The van der Waals surface area contributed by atoms with E-state index < -0.39 is 0 Å². The zero-order chi connectivity index (χ0) is 9.97. The van der Waals surface area contributed by atoms with Crippen molar-refractivity contribution in [3.63, 3.8) is 0 Å². The third-order valence-electron chi connectivity index (χ3n) is 2.72. The van der Waals surface area contributed by atoms with Gasteiger partial charge in [-0.3, -0.25) is 4.90 Å². The molecule has 1 saturated heterocycles. The van der Waals surface area contributed by atoms with Gasteiger partial charge in [0.2, 0.25) is 0 Å². The lowest BCUT2D eigenvalue weighted by atomic mass is 10.2. The van der Waals surface area contributed by atoms with Crippen molar-refractivity contribution in [1.82, 2.24) is 10.2 Å². The molecule has 16 heavy (non-hydrogen) atoms. The smallest absolute Gasteiger partial charge is 0.0561 e. The van der Waals surface area contributed by atoms with Gasteiger partial charge in [0, 0.05) is 37.1 Å². The minimum Gasteiger partial charge on any atom is -0.314 e. The Balaban J connectivity index is 0.00000112. The molecular formula is C10H17Cl3N2S. The van der Waals surface area contributed by atoms with Gasteiger partial charge in [0.25, 0.3) is 0 Å². The molecule has 1 atom stereocenters. The summed E-state index contributed by atoms with van der Waals surface area (Å²) in [5.41, 5.74) is 0. The van der Waals surface area contributed by atoms with Crippen LogP contribution in [0.15, 0.2) is 11.4 Å². The third-order valence-corrected chi connectivity index (χ3v) is 4.25. The molecule has 1 aromatic heterocycles. The number of nitrogens with one attached hydrogen (secondary N) is 1. The second-order valence-electron chi connectivity index (χ2n) is 3.59. The van der Waals surface area contributed by atoms with Crippen molar-refractivity contribution in [2.45, 2.75) is 13.0 Å². The second-order valence-corrected chi connectivity index (χ2v) is 4.95. The molecule has 1 aromatic rings. The molecule has 6 heteroatoms. The first-order valence-electron chi connectivity index (χ1n) is 4.96. The molecular weight excluding hydrogens is 287 g/mol. The van der Waals surface area contributed by atoms with Crippen LogP contribution in [-0.4, -0.2) is 31.1 Å². The van der Waals surface area contributed by atoms with E-state index in [4.69, 9.17) is 11.6 Å². The molecule has 0 bridgehead atoms. The minimum atomic E-state index is 0. The highest BCUT2D eigenvalue weighted by molar-refractivity contribution is 7.10. The number of piperazine rings is 1. The number of nitrogens with zero attached hydrogens (tertiary/aromatic N) is 1. The van der Waals surface area contributed by atoms with Gasteiger partial charge < -0.3 is 5.32 Å². The maximum Gasteiger partial charge on any atom is 0.0561 e. The summed E-state index contributed by atoms with van der Waals surface area (Å²) in [5, 5.41) is 6.34. The average molecular weight is 304 g/mol. The van der Waals surface area contributed by atoms with E-state index >= 15 is 0 Å². The van der Waals surface area contributed by atoms with E-state index in [1.54, 1.807) is 11.3 Å². The van der Waals surface area contributed by atoms with Gasteiger partial charge in [-0.2, -0.15) is 0 Å². The molecule has 0 unspecified atom stereocenters. The Kier molecular flexibility index (Phi) is 7.98. The van der Waals surface area contributed by atoms with Crippen molar-refractivity contribution >= 4 is 47.8 Å². The molecule has 0 saturated carbocycles. The number of rotatable bonds is 2. The Morgan fingerprint density at radius 1 is 1.38 bits per heavy atom. The van der Waals surface area contributed by atoms with Crippen LogP contribution in [0.2, 0.25) is 5.02 Å². The van der Waals surface area contributed by atoms with Crippen molar-refractivity contribution in [2.24, 2.45) is 0 Å². The fraction of sp³-hybridized carbons (Fsp3) is 0.600. The van der Waals surface area contributed by atoms with E-state index in [1.165, 1.54) is 4.88 Å². The average Bonchev–Trinajstić information content (AvgIpc) is 2.65. The molecule has 1 N–H and O–H groups in total. The lowest BCUT2D eigenvalue weighted by Gasteiger charge is -2.32. The van der Waals surface area contributed by atoms with E-state index in [1.807, 2.05) is 6.07 Å². The summed E-state index contributed by atoms with van der Waals surface area (Å²) < 4.78 is 0. The van der Waals surface area contributed by atoms with Crippen molar-refractivity contribution < 1.29 is 0 Å². The predicted octanol–water partition coefficient (Wildman–Crippen LogP) is 3.21. The number of hydrogen-bond donors (Lipinski definition) is 1. The Hall–Kier alpha value is 0.490. The zero-order valence-corrected chi connectivity index (χ0v) is 12.3. The Morgan fingerprint density at radius 3 is 2.50 bits per heavy atom. The van der Waals surface area contributed by atoms with Crippen LogP contribution in [0, 0.1) is 0 Å². The highest BCUT2D eigenvalue weighted by Crippen LogP contribution is 2.31. The summed E-state index contributed by atoms with van der Waals surface area (Å²) in [5.74, 6) is 0. The Morgan fingerprint density at radius 2 is 2.00 bits per heavy atom.